The SMILES string of the molecule is Cc1cc(C(=O)NC2(CC(=O)O)CCOCC2)ccc1[N+](=O)[O-]. The summed E-state index contributed by atoms with van der Waals surface area (Å²) in [6.07, 6.45) is 0.641. The van der Waals surface area contributed by atoms with E-state index in [9.17, 15) is 19.7 Å². The highest BCUT2D eigenvalue weighted by molar-refractivity contribution is 5.95. The summed E-state index contributed by atoms with van der Waals surface area (Å²) in [5, 5.41) is 22.7. The molecule has 1 heterocycles. The second-order valence-corrected chi connectivity index (χ2v) is 5.68. The first kappa shape index (κ1) is 16.9. The summed E-state index contributed by atoms with van der Waals surface area (Å²) in [6.45, 7) is 2.32. The number of amides is 1. The fourth-order valence-corrected chi connectivity index (χ4v) is 2.71. The number of nitrogens with one attached hydrogen (secondary N) is 1. The van der Waals surface area contributed by atoms with Gasteiger partial charge in [0.1, 0.15) is 0 Å². The van der Waals surface area contributed by atoms with E-state index in [-0.39, 0.29) is 17.7 Å². The summed E-state index contributed by atoms with van der Waals surface area (Å²) in [4.78, 5) is 33.8. The number of carboxylic acids is 1. The Labute approximate surface area is 132 Å². The molecule has 0 bridgehead atoms. The van der Waals surface area contributed by atoms with Crippen LogP contribution in [0.25, 0.3) is 0 Å². The van der Waals surface area contributed by atoms with Gasteiger partial charge >= 0.3 is 5.97 Å². The summed E-state index contributed by atoms with van der Waals surface area (Å²) in [5.41, 5.74) is -0.268. The second kappa shape index (κ2) is 6.74. The van der Waals surface area contributed by atoms with Crippen LogP contribution in [0.5, 0.6) is 0 Å². The van der Waals surface area contributed by atoms with E-state index in [0.717, 1.165) is 0 Å². The molecule has 2 rings (SSSR count). The lowest BCUT2D eigenvalue weighted by Crippen LogP contribution is -2.53. The highest BCUT2D eigenvalue weighted by Crippen LogP contribution is 2.26. The number of carboxylic acid groups (broad SMARTS) is 1. The number of nitro groups is 1. The van der Waals surface area contributed by atoms with E-state index in [2.05, 4.69) is 5.32 Å². The average molecular weight is 322 g/mol. The predicted molar refractivity (Wildman–Crippen MR) is 80.3 cm³/mol. The molecule has 1 aromatic rings. The highest BCUT2D eigenvalue weighted by atomic mass is 16.6. The largest absolute Gasteiger partial charge is 0.481 e. The van der Waals surface area contributed by atoms with E-state index in [0.29, 0.717) is 31.6 Å². The zero-order chi connectivity index (χ0) is 17.0. The van der Waals surface area contributed by atoms with Crippen molar-refractivity contribution in [2.24, 2.45) is 0 Å². The number of carbonyl (C=O) groups excluding carboxylic acids is 1. The molecule has 124 valence electrons. The molecule has 1 fully saturated rings. The smallest absolute Gasteiger partial charge is 0.305 e. The minimum atomic E-state index is -0.993. The lowest BCUT2D eigenvalue weighted by Gasteiger charge is -2.36. The molecule has 0 aliphatic carbocycles. The van der Waals surface area contributed by atoms with Crippen LogP contribution in [0, 0.1) is 17.0 Å². The van der Waals surface area contributed by atoms with Gasteiger partial charge in [-0.3, -0.25) is 19.7 Å². The Morgan fingerprint density at radius 1 is 1.39 bits per heavy atom. The molecule has 8 heteroatoms. The Morgan fingerprint density at radius 2 is 2.04 bits per heavy atom. The van der Waals surface area contributed by atoms with Crippen LogP contribution in [0.1, 0.15) is 35.2 Å². The monoisotopic (exact) mass is 322 g/mol. The Bertz CT molecular complexity index is 637. The molecule has 1 saturated heterocycles. The van der Waals surface area contributed by atoms with Crippen LogP contribution in [-0.4, -0.2) is 40.7 Å². The molecular formula is C15H18N2O6. The Hall–Kier alpha value is -2.48. The Balaban J connectivity index is 2.20. The van der Waals surface area contributed by atoms with Crippen LogP contribution < -0.4 is 5.32 Å². The van der Waals surface area contributed by atoms with Gasteiger partial charge in [0.05, 0.1) is 16.9 Å². The first-order valence-electron chi connectivity index (χ1n) is 7.20. The van der Waals surface area contributed by atoms with Crippen molar-refractivity contribution in [3.63, 3.8) is 0 Å². The molecule has 8 nitrogen and oxygen atoms in total. The predicted octanol–water partition coefficient (Wildman–Crippen LogP) is 1.66. The average Bonchev–Trinajstić information content (AvgIpc) is 2.46. The van der Waals surface area contributed by atoms with E-state index >= 15 is 0 Å². The minimum absolute atomic E-state index is 0.0622. The van der Waals surface area contributed by atoms with Crippen LogP contribution in [0.3, 0.4) is 0 Å². The van der Waals surface area contributed by atoms with Crippen molar-refractivity contribution in [3.05, 3.63) is 39.4 Å². The zero-order valence-electron chi connectivity index (χ0n) is 12.7. The van der Waals surface area contributed by atoms with Gasteiger partial charge < -0.3 is 15.2 Å². The van der Waals surface area contributed by atoms with Gasteiger partial charge in [0, 0.05) is 30.4 Å². The normalized spacial score (nSPS) is 16.6. The standard InChI is InChI=1S/C15H18N2O6/c1-10-8-11(2-3-12(10)17(21)22)14(20)16-15(9-13(18)19)4-6-23-7-5-15/h2-3,8H,4-7,9H2,1H3,(H,16,20)(H,18,19). The number of rotatable bonds is 5. The third-order valence-electron chi connectivity index (χ3n) is 3.97. The van der Waals surface area contributed by atoms with E-state index in [1.165, 1.54) is 18.2 Å². The second-order valence-electron chi connectivity index (χ2n) is 5.68. The first-order chi connectivity index (χ1) is 10.8. The van der Waals surface area contributed by atoms with E-state index in [1.807, 2.05) is 0 Å². The maximum atomic E-state index is 12.4. The molecule has 1 aliphatic rings. The molecule has 23 heavy (non-hydrogen) atoms. The zero-order valence-corrected chi connectivity index (χ0v) is 12.7. The third-order valence-corrected chi connectivity index (χ3v) is 3.97. The van der Waals surface area contributed by atoms with Gasteiger partial charge in [-0.2, -0.15) is 0 Å². The van der Waals surface area contributed by atoms with Gasteiger partial charge in [-0.25, -0.2) is 0 Å². The number of hydrogen-bond donors (Lipinski definition) is 2. The molecule has 1 amide bonds. The number of hydrogen-bond acceptors (Lipinski definition) is 5. The molecule has 0 atom stereocenters. The third kappa shape index (κ3) is 4.04. The molecule has 0 unspecified atom stereocenters. The van der Waals surface area contributed by atoms with Crippen molar-refractivity contribution >= 4 is 17.6 Å². The number of aryl methyl sites for hydroxylation is 1. The Morgan fingerprint density at radius 3 is 2.57 bits per heavy atom. The molecular weight excluding hydrogens is 304 g/mol. The summed E-state index contributed by atoms with van der Waals surface area (Å²) >= 11 is 0. The number of nitrogens with zero attached hydrogens (tertiary/aromatic N) is 1. The lowest BCUT2D eigenvalue weighted by atomic mass is 9.86. The molecule has 1 aliphatic heterocycles. The molecule has 1 aromatic carbocycles. The summed E-state index contributed by atoms with van der Waals surface area (Å²) in [6, 6.07) is 4.08. The van der Waals surface area contributed by atoms with Crippen LogP contribution in [0.4, 0.5) is 5.69 Å². The van der Waals surface area contributed by atoms with Gasteiger partial charge in [0.15, 0.2) is 0 Å². The molecule has 0 aromatic heterocycles. The molecule has 0 saturated carbocycles. The first-order valence-corrected chi connectivity index (χ1v) is 7.20. The quantitative estimate of drug-likeness (QED) is 0.628. The van der Waals surface area contributed by atoms with Crippen molar-refractivity contribution in [1.29, 1.82) is 0 Å². The fraction of sp³-hybridized carbons (Fsp3) is 0.467. The van der Waals surface area contributed by atoms with E-state index in [1.54, 1.807) is 6.92 Å². The maximum Gasteiger partial charge on any atom is 0.305 e. The number of benzene rings is 1. The van der Waals surface area contributed by atoms with Gasteiger partial charge in [0.2, 0.25) is 0 Å². The Kier molecular flexibility index (Phi) is 4.95. The number of carbonyl (C=O) groups is 2. The van der Waals surface area contributed by atoms with Crippen molar-refractivity contribution < 1.29 is 24.4 Å². The van der Waals surface area contributed by atoms with Gasteiger partial charge in [-0.05, 0) is 31.9 Å². The highest BCUT2D eigenvalue weighted by Gasteiger charge is 2.36. The summed E-state index contributed by atoms with van der Waals surface area (Å²) in [5.74, 6) is -1.43. The van der Waals surface area contributed by atoms with Gasteiger partial charge in [-0.15, -0.1) is 0 Å². The van der Waals surface area contributed by atoms with Crippen molar-refractivity contribution in [2.75, 3.05) is 13.2 Å². The van der Waals surface area contributed by atoms with Crippen LogP contribution in [-0.2, 0) is 9.53 Å². The number of ether oxygens (including phenoxy) is 1. The van der Waals surface area contributed by atoms with E-state index in [4.69, 9.17) is 9.84 Å². The fourth-order valence-electron chi connectivity index (χ4n) is 2.71. The number of nitro benzene ring substituents is 1. The van der Waals surface area contributed by atoms with Gasteiger partial charge in [0.25, 0.3) is 11.6 Å². The van der Waals surface area contributed by atoms with Crippen LogP contribution in [0.15, 0.2) is 18.2 Å². The summed E-state index contributed by atoms with van der Waals surface area (Å²) < 4.78 is 5.24. The number of aliphatic carboxylic acids is 1. The minimum Gasteiger partial charge on any atom is -0.481 e. The maximum absolute atomic E-state index is 12.4. The molecule has 2 N–H and O–H groups in total. The lowest BCUT2D eigenvalue weighted by molar-refractivity contribution is -0.385. The van der Waals surface area contributed by atoms with E-state index < -0.39 is 22.3 Å². The van der Waals surface area contributed by atoms with Crippen molar-refractivity contribution in [2.45, 2.75) is 31.7 Å². The molecule has 0 radical (unpaired) electrons. The molecule has 0 spiro atoms. The van der Waals surface area contributed by atoms with Gasteiger partial charge in [-0.1, -0.05) is 0 Å². The topological polar surface area (TPSA) is 119 Å². The van der Waals surface area contributed by atoms with Crippen LogP contribution in [0.2, 0.25) is 0 Å². The van der Waals surface area contributed by atoms with Crippen molar-refractivity contribution in [3.8, 4) is 0 Å². The van der Waals surface area contributed by atoms with Crippen LogP contribution >= 0.6 is 0 Å². The summed E-state index contributed by atoms with van der Waals surface area (Å²) in [7, 11) is 0. The van der Waals surface area contributed by atoms with Crippen molar-refractivity contribution in [1.82, 2.24) is 5.32 Å².